The minimum atomic E-state index is -0.871. The number of nitrogens with one attached hydrogen (secondary N) is 1. The van der Waals surface area contributed by atoms with E-state index in [1.165, 1.54) is 17.2 Å². The van der Waals surface area contributed by atoms with E-state index in [0.29, 0.717) is 11.6 Å². The molecule has 0 aliphatic carbocycles. The summed E-state index contributed by atoms with van der Waals surface area (Å²) < 4.78 is 0. The average Bonchev–Trinajstić information content (AvgIpc) is 3.51. The number of nitrogens with zero attached hydrogens (tertiary/aromatic N) is 2. The number of thiazole rings is 1. The molecule has 7 heteroatoms. The van der Waals surface area contributed by atoms with Gasteiger partial charge in [-0.3, -0.25) is 0 Å². The molecule has 166 valence electrons. The number of anilines is 2. The molecule has 1 saturated heterocycles. The normalized spacial score (nSPS) is 17.6. The molecule has 1 aliphatic rings. The van der Waals surface area contributed by atoms with Crippen molar-refractivity contribution in [3.05, 3.63) is 65.0 Å². The Bertz CT molecular complexity index is 1170. The minimum absolute atomic E-state index is 0.609. The number of rotatable bonds is 7. The van der Waals surface area contributed by atoms with Crippen LogP contribution in [0.2, 0.25) is 0 Å². The zero-order valence-electron chi connectivity index (χ0n) is 17.9. The molecule has 5 nitrogen and oxygen atoms in total. The fourth-order valence-corrected chi connectivity index (χ4v) is 6.25. The van der Waals surface area contributed by atoms with E-state index in [4.69, 9.17) is 5.73 Å². The summed E-state index contributed by atoms with van der Waals surface area (Å²) in [7, 11) is 0. The zero-order valence-corrected chi connectivity index (χ0v) is 19.5. The van der Waals surface area contributed by atoms with Gasteiger partial charge in [-0.15, -0.1) is 22.7 Å². The first-order valence-corrected chi connectivity index (χ1v) is 12.9. The molecular weight excluding hydrogens is 436 g/mol. The van der Waals surface area contributed by atoms with Gasteiger partial charge in [0.25, 0.3) is 0 Å². The van der Waals surface area contributed by atoms with E-state index in [9.17, 15) is 5.11 Å². The van der Waals surface area contributed by atoms with Crippen molar-refractivity contribution in [3.63, 3.8) is 0 Å². The minimum Gasteiger partial charge on any atom is -0.369 e. The largest absolute Gasteiger partial charge is 0.369 e. The summed E-state index contributed by atoms with van der Waals surface area (Å²) in [6.07, 6.45) is 2.57. The number of hydrogen-bond donors (Lipinski definition) is 3. The second-order valence-corrected chi connectivity index (χ2v) is 10.1. The molecule has 5 rings (SSSR count). The summed E-state index contributed by atoms with van der Waals surface area (Å²) in [5, 5.41) is 21.7. The Morgan fingerprint density at radius 3 is 2.91 bits per heavy atom. The monoisotopic (exact) mass is 464 g/mol. The van der Waals surface area contributed by atoms with Gasteiger partial charge < -0.3 is 21.1 Å². The van der Waals surface area contributed by atoms with Crippen LogP contribution in [0.3, 0.4) is 0 Å². The summed E-state index contributed by atoms with van der Waals surface area (Å²) in [6.45, 7) is 2.74. The van der Waals surface area contributed by atoms with Crippen LogP contribution in [0.15, 0.2) is 59.3 Å². The predicted molar refractivity (Wildman–Crippen MR) is 137 cm³/mol. The van der Waals surface area contributed by atoms with Gasteiger partial charge in [0.05, 0.1) is 16.3 Å². The lowest BCUT2D eigenvalue weighted by atomic mass is 9.93. The Labute approximate surface area is 196 Å². The first-order chi connectivity index (χ1) is 15.7. The van der Waals surface area contributed by atoms with Crippen molar-refractivity contribution in [2.45, 2.75) is 25.5 Å². The molecule has 4 aromatic rings. The van der Waals surface area contributed by atoms with Gasteiger partial charge in [-0.25, -0.2) is 4.98 Å². The predicted octanol–water partition coefficient (Wildman–Crippen LogP) is 5.69. The molecule has 2 unspecified atom stereocenters. The van der Waals surface area contributed by atoms with E-state index in [1.807, 2.05) is 16.8 Å². The number of nitrogens with two attached hydrogens (primary N) is 1. The number of fused-ring (bicyclic) bond motifs is 1. The summed E-state index contributed by atoms with van der Waals surface area (Å²) in [5.41, 5.74) is 8.62. The third-order valence-corrected chi connectivity index (χ3v) is 8.04. The van der Waals surface area contributed by atoms with Gasteiger partial charge in [0.15, 0.2) is 6.23 Å². The Morgan fingerprint density at radius 1 is 1.16 bits per heavy atom. The highest BCUT2D eigenvalue weighted by Gasteiger charge is 2.24. The van der Waals surface area contributed by atoms with Crippen molar-refractivity contribution in [2.75, 3.05) is 29.9 Å². The number of aromatic nitrogens is 1. The Morgan fingerprint density at radius 2 is 2.06 bits per heavy atom. The number of aliphatic hydroxyl groups is 1. The lowest BCUT2D eigenvalue weighted by Crippen LogP contribution is -2.36. The van der Waals surface area contributed by atoms with Crippen LogP contribution < -0.4 is 16.0 Å². The highest BCUT2D eigenvalue weighted by Crippen LogP contribution is 2.39. The van der Waals surface area contributed by atoms with Crippen molar-refractivity contribution in [3.8, 4) is 9.88 Å². The first-order valence-electron chi connectivity index (χ1n) is 11.1. The van der Waals surface area contributed by atoms with Crippen LogP contribution >= 0.6 is 22.7 Å². The quantitative estimate of drug-likeness (QED) is 0.306. The lowest BCUT2D eigenvalue weighted by molar-refractivity contribution is 0.204. The smallest absolute Gasteiger partial charge is 0.168 e. The van der Waals surface area contributed by atoms with Crippen molar-refractivity contribution >= 4 is 44.8 Å². The third kappa shape index (κ3) is 4.38. The summed E-state index contributed by atoms with van der Waals surface area (Å²) in [4.78, 5) is 8.27. The summed E-state index contributed by atoms with van der Waals surface area (Å²) in [5.74, 6) is 0.609. The molecule has 32 heavy (non-hydrogen) atoms. The fourth-order valence-electron chi connectivity index (χ4n) is 4.60. The maximum atomic E-state index is 11.0. The van der Waals surface area contributed by atoms with Gasteiger partial charge in [0.2, 0.25) is 0 Å². The maximum Gasteiger partial charge on any atom is 0.168 e. The second kappa shape index (κ2) is 9.58. The lowest BCUT2D eigenvalue weighted by Gasteiger charge is -2.36. The maximum absolute atomic E-state index is 11.0. The Balaban J connectivity index is 1.46. The fraction of sp³-hybridized carbons (Fsp3) is 0.320. The van der Waals surface area contributed by atoms with Crippen molar-refractivity contribution in [1.29, 1.82) is 0 Å². The molecule has 3 heterocycles. The van der Waals surface area contributed by atoms with Gasteiger partial charge in [0, 0.05) is 23.9 Å². The third-order valence-electron chi connectivity index (χ3n) is 6.14. The Hall–Kier alpha value is -2.45. The summed E-state index contributed by atoms with van der Waals surface area (Å²) >= 11 is 3.23. The molecule has 0 radical (unpaired) electrons. The van der Waals surface area contributed by atoms with Crippen molar-refractivity contribution < 1.29 is 5.11 Å². The summed E-state index contributed by atoms with van der Waals surface area (Å²) in [6, 6.07) is 16.8. The number of benzene rings is 2. The van der Waals surface area contributed by atoms with E-state index in [2.05, 4.69) is 57.7 Å². The van der Waals surface area contributed by atoms with Gasteiger partial charge >= 0.3 is 0 Å². The van der Waals surface area contributed by atoms with Crippen LogP contribution in [0.5, 0.6) is 0 Å². The van der Waals surface area contributed by atoms with Gasteiger partial charge in [-0.2, -0.15) is 0 Å². The van der Waals surface area contributed by atoms with Crippen LogP contribution in [-0.4, -0.2) is 29.7 Å². The highest BCUT2D eigenvalue weighted by atomic mass is 32.1. The molecule has 0 spiro atoms. The molecule has 0 bridgehead atoms. The molecule has 4 N–H and O–H groups in total. The SMILES string of the molecule is NCCC1CCCN(c2c(NC(O)c3csc(-c4cccs4)n3)ccc3ccccc23)C1. The number of piperidine rings is 1. The van der Waals surface area contributed by atoms with Crippen LogP contribution in [0.1, 0.15) is 31.2 Å². The molecule has 1 aliphatic heterocycles. The number of aliphatic hydroxyl groups excluding tert-OH is 1. The van der Waals surface area contributed by atoms with Crippen LogP contribution in [0, 0.1) is 5.92 Å². The van der Waals surface area contributed by atoms with E-state index in [0.717, 1.165) is 53.7 Å². The topological polar surface area (TPSA) is 74.4 Å². The molecule has 2 aromatic carbocycles. The number of hydrogen-bond acceptors (Lipinski definition) is 7. The molecule has 2 aromatic heterocycles. The molecule has 2 atom stereocenters. The van der Waals surface area contributed by atoms with Crippen LogP contribution in [-0.2, 0) is 0 Å². The van der Waals surface area contributed by atoms with E-state index in [-0.39, 0.29) is 0 Å². The zero-order chi connectivity index (χ0) is 21.9. The van der Waals surface area contributed by atoms with E-state index in [1.54, 1.807) is 22.7 Å². The average molecular weight is 465 g/mol. The van der Waals surface area contributed by atoms with E-state index < -0.39 is 6.23 Å². The van der Waals surface area contributed by atoms with Crippen LogP contribution in [0.25, 0.3) is 20.7 Å². The number of thiophene rings is 1. The Kier molecular flexibility index (Phi) is 6.41. The molecule has 0 saturated carbocycles. The molecular formula is C25H28N4OS2. The van der Waals surface area contributed by atoms with Crippen LogP contribution in [0.4, 0.5) is 11.4 Å². The standard InChI is InChI=1S/C25H28N4OS2/c26-12-11-17-5-3-13-29(15-17)23-19-7-2-1-6-18(19)9-10-20(23)27-24(30)21-16-32-25(28-21)22-8-4-14-31-22/h1-2,4,6-10,14,16-17,24,27,30H,3,5,11-13,15,26H2. The first kappa shape index (κ1) is 21.4. The van der Waals surface area contributed by atoms with E-state index >= 15 is 0 Å². The van der Waals surface area contributed by atoms with Gasteiger partial charge in [-0.1, -0.05) is 36.4 Å². The van der Waals surface area contributed by atoms with Crippen molar-refractivity contribution in [1.82, 2.24) is 4.98 Å². The highest BCUT2D eigenvalue weighted by molar-refractivity contribution is 7.20. The van der Waals surface area contributed by atoms with Crippen molar-refractivity contribution in [2.24, 2.45) is 11.7 Å². The molecule has 1 fully saturated rings. The van der Waals surface area contributed by atoms with Gasteiger partial charge in [-0.05, 0) is 54.6 Å². The second-order valence-electron chi connectivity index (χ2n) is 8.32. The van der Waals surface area contributed by atoms with Gasteiger partial charge in [0.1, 0.15) is 10.7 Å². The molecule has 0 amide bonds.